The molecule has 2 atom stereocenters. The number of hydrogen-bond donors (Lipinski definition) is 0. The van der Waals surface area contributed by atoms with Gasteiger partial charge in [0.05, 0.1) is 25.3 Å². The number of rotatable bonds is 6. The molecule has 0 aromatic rings. The van der Waals surface area contributed by atoms with Crippen molar-refractivity contribution in [2.24, 2.45) is 5.92 Å². The van der Waals surface area contributed by atoms with Gasteiger partial charge in [-0.2, -0.15) is 0 Å². The Bertz CT molecular complexity index is 491. The van der Waals surface area contributed by atoms with E-state index in [1.165, 1.54) is 12.8 Å². The number of nitrogens with zero attached hydrogens (tertiary/aromatic N) is 1. The van der Waals surface area contributed by atoms with Crippen molar-refractivity contribution in [1.29, 1.82) is 0 Å². The first-order valence-electron chi connectivity index (χ1n) is 10.0. The van der Waals surface area contributed by atoms with Crippen LogP contribution in [0.1, 0.15) is 60.8 Å². The summed E-state index contributed by atoms with van der Waals surface area (Å²) in [6.45, 7) is 18.9. The third-order valence-corrected chi connectivity index (χ3v) is 10.2. The number of ether oxygens (including phenoxy) is 2. The molecule has 1 amide bonds. The summed E-state index contributed by atoms with van der Waals surface area (Å²) in [4.78, 5) is 14.5. The van der Waals surface area contributed by atoms with Crippen LogP contribution in [0.15, 0.2) is 0 Å². The van der Waals surface area contributed by atoms with Crippen molar-refractivity contribution in [2.45, 2.75) is 96.7 Å². The molecular formula is C20H39NO4Si. The van der Waals surface area contributed by atoms with Crippen LogP contribution in [0, 0.1) is 5.92 Å². The molecule has 2 aliphatic rings. The second kappa shape index (κ2) is 7.80. The third-order valence-electron chi connectivity index (χ3n) is 5.71. The maximum Gasteiger partial charge on any atom is 0.410 e. The molecule has 0 aromatic heterocycles. The van der Waals surface area contributed by atoms with Gasteiger partial charge in [-0.15, -0.1) is 0 Å². The molecule has 5 nitrogen and oxygen atoms in total. The van der Waals surface area contributed by atoms with Crippen molar-refractivity contribution in [2.75, 3.05) is 19.8 Å². The minimum atomic E-state index is -1.85. The molecule has 0 spiro atoms. The summed E-state index contributed by atoms with van der Waals surface area (Å²) in [5, 5.41) is 0.157. The summed E-state index contributed by atoms with van der Waals surface area (Å²) in [5.74, 6) is 0.729. The van der Waals surface area contributed by atoms with Crippen LogP contribution in [0.3, 0.4) is 0 Å². The Kier molecular flexibility index (Phi) is 6.51. The fourth-order valence-corrected chi connectivity index (χ4v) is 3.82. The normalized spacial score (nSPS) is 24.8. The van der Waals surface area contributed by atoms with E-state index in [4.69, 9.17) is 13.9 Å². The lowest BCUT2D eigenvalue weighted by Crippen LogP contribution is -2.46. The van der Waals surface area contributed by atoms with Gasteiger partial charge in [0.1, 0.15) is 5.60 Å². The highest BCUT2D eigenvalue weighted by Gasteiger charge is 2.42. The summed E-state index contributed by atoms with van der Waals surface area (Å²) >= 11 is 0. The molecule has 1 aliphatic carbocycles. The highest BCUT2D eigenvalue weighted by molar-refractivity contribution is 6.74. The van der Waals surface area contributed by atoms with Crippen molar-refractivity contribution in [3.8, 4) is 0 Å². The smallest absolute Gasteiger partial charge is 0.410 e. The van der Waals surface area contributed by atoms with E-state index in [9.17, 15) is 4.79 Å². The van der Waals surface area contributed by atoms with Gasteiger partial charge in [0, 0.05) is 6.61 Å². The average molecular weight is 386 g/mol. The number of carbonyl (C=O) groups excluding carboxylic acids is 1. The predicted octanol–water partition coefficient (Wildman–Crippen LogP) is 4.81. The molecular weight excluding hydrogens is 346 g/mol. The molecule has 1 saturated carbocycles. The number of hydrogen-bond acceptors (Lipinski definition) is 4. The van der Waals surface area contributed by atoms with Gasteiger partial charge in [0.15, 0.2) is 8.32 Å². The van der Waals surface area contributed by atoms with Crippen LogP contribution in [-0.4, -0.2) is 56.8 Å². The second-order valence-electron chi connectivity index (χ2n) is 10.5. The maximum atomic E-state index is 12.7. The van der Waals surface area contributed by atoms with Gasteiger partial charge in [-0.05, 0) is 64.1 Å². The first-order chi connectivity index (χ1) is 11.8. The lowest BCUT2D eigenvalue weighted by Gasteiger charge is -2.38. The van der Waals surface area contributed by atoms with Crippen LogP contribution >= 0.6 is 0 Å². The summed E-state index contributed by atoms with van der Waals surface area (Å²) in [6.07, 6.45) is 3.23. The molecule has 0 aromatic carbocycles. The van der Waals surface area contributed by atoms with Crippen LogP contribution in [-0.2, 0) is 13.9 Å². The Morgan fingerprint density at radius 1 is 1.08 bits per heavy atom. The Hall–Kier alpha value is -0.593. The van der Waals surface area contributed by atoms with E-state index in [-0.39, 0.29) is 23.3 Å². The topological polar surface area (TPSA) is 48.0 Å². The Morgan fingerprint density at radius 2 is 1.69 bits per heavy atom. The van der Waals surface area contributed by atoms with E-state index >= 15 is 0 Å². The highest BCUT2D eigenvalue weighted by atomic mass is 28.4. The van der Waals surface area contributed by atoms with Gasteiger partial charge in [-0.25, -0.2) is 4.79 Å². The molecule has 26 heavy (non-hydrogen) atoms. The molecule has 152 valence electrons. The molecule has 1 heterocycles. The minimum absolute atomic E-state index is 0.0307. The maximum absolute atomic E-state index is 12.7. The van der Waals surface area contributed by atoms with Crippen LogP contribution in [0.25, 0.3) is 0 Å². The van der Waals surface area contributed by atoms with Gasteiger partial charge in [-0.1, -0.05) is 20.8 Å². The Balaban J connectivity index is 1.99. The molecule has 0 N–H and O–H groups in total. The Morgan fingerprint density at radius 3 is 2.19 bits per heavy atom. The van der Waals surface area contributed by atoms with E-state index in [1.807, 2.05) is 25.7 Å². The number of likely N-dealkylation sites (tertiary alicyclic amines) is 1. The molecule has 0 unspecified atom stereocenters. The second-order valence-corrected chi connectivity index (χ2v) is 15.3. The highest BCUT2D eigenvalue weighted by Crippen LogP contribution is 2.37. The van der Waals surface area contributed by atoms with Crippen molar-refractivity contribution < 1.29 is 18.7 Å². The van der Waals surface area contributed by atoms with Crippen LogP contribution < -0.4 is 0 Å². The summed E-state index contributed by atoms with van der Waals surface area (Å²) in [7, 11) is -1.85. The zero-order chi connectivity index (χ0) is 19.8. The van der Waals surface area contributed by atoms with Gasteiger partial charge in [0.25, 0.3) is 0 Å². The van der Waals surface area contributed by atoms with Crippen molar-refractivity contribution in [3.63, 3.8) is 0 Å². The van der Waals surface area contributed by atoms with Crippen molar-refractivity contribution in [1.82, 2.24) is 4.90 Å². The van der Waals surface area contributed by atoms with E-state index in [0.717, 1.165) is 18.9 Å². The fourth-order valence-electron chi connectivity index (χ4n) is 2.77. The average Bonchev–Trinajstić information content (AvgIpc) is 3.19. The van der Waals surface area contributed by atoms with Crippen molar-refractivity contribution in [3.05, 3.63) is 0 Å². The molecule has 6 heteroatoms. The number of carbonyl (C=O) groups is 1. The molecule has 0 radical (unpaired) electrons. The first kappa shape index (κ1) is 21.7. The van der Waals surface area contributed by atoms with Crippen LogP contribution in [0.4, 0.5) is 4.79 Å². The number of amides is 1. The molecule has 1 saturated heterocycles. The fraction of sp³-hybridized carbons (Fsp3) is 0.950. The minimum Gasteiger partial charge on any atom is -0.444 e. The zero-order valence-electron chi connectivity index (χ0n) is 18.1. The van der Waals surface area contributed by atoms with Gasteiger partial charge in [-0.3, -0.25) is 0 Å². The largest absolute Gasteiger partial charge is 0.444 e. The third kappa shape index (κ3) is 6.24. The monoisotopic (exact) mass is 385 g/mol. The van der Waals surface area contributed by atoms with Gasteiger partial charge in [0.2, 0.25) is 0 Å². The summed E-state index contributed by atoms with van der Waals surface area (Å²) in [6, 6.07) is 0.0307. The van der Waals surface area contributed by atoms with Crippen molar-refractivity contribution >= 4 is 14.4 Å². The predicted molar refractivity (Wildman–Crippen MR) is 107 cm³/mol. The lowest BCUT2D eigenvalue weighted by atomic mass is 10.2. The zero-order valence-corrected chi connectivity index (χ0v) is 19.1. The van der Waals surface area contributed by atoms with E-state index in [0.29, 0.717) is 13.2 Å². The lowest BCUT2D eigenvalue weighted by molar-refractivity contribution is 0.0131. The quantitative estimate of drug-likeness (QED) is 0.616. The molecule has 1 aliphatic heterocycles. The van der Waals surface area contributed by atoms with Crippen LogP contribution in [0.2, 0.25) is 18.1 Å². The van der Waals surface area contributed by atoms with E-state index in [1.54, 1.807) is 0 Å². The SMILES string of the molecule is CC(C)(C)OC(=O)N1C[C@H](OCC2CC2)C[C@H]1CO[Si](C)(C)C(C)(C)C. The molecule has 2 fully saturated rings. The van der Waals surface area contributed by atoms with E-state index < -0.39 is 13.9 Å². The standard InChI is InChI=1S/C20H39NO4Si/c1-19(2,3)25-18(22)21-12-17(23-13-15-9-10-15)11-16(21)14-24-26(7,8)20(4,5)6/h15-17H,9-14H2,1-8H3/t16-,17+/m0/s1. The van der Waals surface area contributed by atoms with Gasteiger partial charge < -0.3 is 18.8 Å². The molecule has 2 rings (SSSR count). The first-order valence-corrected chi connectivity index (χ1v) is 12.9. The Labute approximate surface area is 160 Å². The summed E-state index contributed by atoms with van der Waals surface area (Å²) in [5.41, 5.74) is -0.491. The molecule has 0 bridgehead atoms. The summed E-state index contributed by atoms with van der Waals surface area (Å²) < 4.78 is 18.1. The van der Waals surface area contributed by atoms with Gasteiger partial charge >= 0.3 is 6.09 Å². The van der Waals surface area contributed by atoms with E-state index in [2.05, 4.69) is 33.9 Å². The van der Waals surface area contributed by atoms with Crippen LogP contribution in [0.5, 0.6) is 0 Å².